The molecule has 62 valence electrons. The summed E-state index contributed by atoms with van der Waals surface area (Å²) in [5.74, 6) is 0.773. The molecule has 0 aliphatic rings. The van der Waals surface area contributed by atoms with Crippen molar-refractivity contribution in [3.63, 3.8) is 0 Å². The van der Waals surface area contributed by atoms with Crippen molar-refractivity contribution in [3.8, 4) is 10.6 Å². The van der Waals surface area contributed by atoms with Crippen LogP contribution in [0.25, 0.3) is 10.6 Å². The highest BCUT2D eigenvalue weighted by atomic mass is 35.5. The normalized spacial score (nSPS) is 10.5. The summed E-state index contributed by atoms with van der Waals surface area (Å²) in [7, 11) is 0. The van der Waals surface area contributed by atoms with Gasteiger partial charge in [0.1, 0.15) is 0 Å². The fraction of sp³-hybridized carbons (Fsp3) is 0.125. The Morgan fingerprint density at radius 2 is 2.42 bits per heavy atom. The Bertz CT molecular complexity index is 360. The largest absolute Gasteiger partial charge is 0.355 e. The van der Waals surface area contributed by atoms with Gasteiger partial charge in [0.05, 0.1) is 16.1 Å². The van der Waals surface area contributed by atoms with Gasteiger partial charge in [-0.15, -0.1) is 11.3 Å². The van der Waals surface area contributed by atoms with E-state index in [4.69, 9.17) is 16.1 Å². The number of aryl methyl sites for hydroxylation is 1. The van der Waals surface area contributed by atoms with Gasteiger partial charge < -0.3 is 4.52 Å². The maximum atomic E-state index is 5.89. The van der Waals surface area contributed by atoms with Crippen molar-refractivity contribution in [2.75, 3.05) is 0 Å². The molecule has 0 saturated heterocycles. The predicted molar refractivity (Wildman–Crippen MR) is 49.6 cm³/mol. The van der Waals surface area contributed by atoms with Crippen molar-refractivity contribution in [1.82, 2.24) is 5.16 Å². The summed E-state index contributed by atoms with van der Waals surface area (Å²) in [4.78, 5) is 2.12. The molecular weight excluding hydrogens is 194 g/mol. The molecule has 2 aromatic rings. The number of aromatic nitrogens is 1. The van der Waals surface area contributed by atoms with Gasteiger partial charge in [-0.25, -0.2) is 0 Å². The number of nitrogens with zero attached hydrogens (tertiary/aromatic N) is 1. The Kier molecular flexibility index (Phi) is 1.90. The average molecular weight is 200 g/mol. The summed E-state index contributed by atoms with van der Waals surface area (Å²) >= 11 is 7.50. The number of thiophene rings is 1. The zero-order valence-electron chi connectivity index (χ0n) is 6.37. The molecule has 0 atom stereocenters. The van der Waals surface area contributed by atoms with Crippen molar-refractivity contribution < 1.29 is 4.52 Å². The molecule has 0 N–H and O–H groups in total. The highest BCUT2D eigenvalue weighted by Gasteiger charge is 2.07. The minimum atomic E-state index is 0.773. The lowest BCUT2D eigenvalue weighted by atomic mass is 10.3. The van der Waals surface area contributed by atoms with Crippen LogP contribution in [0.4, 0.5) is 0 Å². The van der Waals surface area contributed by atoms with Crippen LogP contribution < -0.4 is 0 Å². The number of hydrogen-bond acceptors (Lipinski definition) is 3. The van der Waals surface area contributed by atoms with Crippen LogP contribution in [0.3, 0.4) is 0 Å². The van der Waals surface area contributed by atoms with E-state index >= 15 is 0 Å². The predicted octanol–water partition coefficient (Wildman–Crippen LogP) is 3.36. The minimum absolute atomic E-state index is 0.773. The summed E-state index contributed by atoms with van der Waals surface area (Å²) in [6.45, 7) is 1.98. The highest BCUT2D eigenvalue weighted by molar-refractivity contribution is 7.16. The van der Waals surface area contributed by atoms with Crippen LogP contribution in [0.15, 0.2) is 22.9 Å². The van der Waals surface area contributed by atoms with E-state index in [1.165, 1.54) is 0 Å². The molecule has 0 radical (unpaired) electrons. The third kappa shape index (κ3) is 1.26. The van der Waals surface area contributed by atoms with Crippen LogP contribution >= 0.6 is 22.9 Å². The summed E-state index contributed by atoms with van der Waals surface area (Å²) in [6, 6.07) is 3.71. The Balaban J connectivity index is 2.48. The molecule has 12 heavy (non-hydrogen) atoms. The van der Waals surface area contributed by atoms with Crippen molar-refractivity contribution >= 4 is 22.9 Å². The van der Waals surface area contributed by atoms with Crippen LogP contribution in [-0.4, -0.2) is 5.16 Å². The van der Waals surface area contributed by atoms with Crippen LogP contribution in [0.5, 0.6) is 0 Å². The van der Waals surface area contributed by atoms with Crippen LogP contribution in [0.1, 0.15) is 4.88 Å². The molecule has 0 aromatic carbocycles. The topological polar surface area (TPSA) is 26.0 Å². The SMILES string of the molecule is Cc1sc(-c2ccno2)cc1Cl. The van der Waals surface area contributed by atoms with E-state index in [2.05, 4.69) is 5.16 Å². The monoisotopic (exact) mass is 199 g/mol. The molecule has 0 fully saturated rings. The van der Waals surface area contributed by atoms with E-state index in [9.17, 15) is 0 Å². The zero-order chi connectivity index (χ0) is 8.55. The van der Waals surface area contributed by atoms with Crippen molar-refractivity contribution in [3.05, 3.63) is 28.2 Å². The smallest absolute Gasteiger partial charge is 0.176 e. The van der Waals surface area contributed by atoms with E-state index in [0.29, 0.717) is 0 Å². The Morgan fingerprint density at radius 1 is 1.58 bits per heavy atom. The van der Waals surface area contributed by atoms with Gasteiger partial charge in [0.25, 0.3) is 0 Å². The third-order valence-corrected chi connectivity index (χ3v) is 3.11. The molecule has 0 aliphatic heterocycles. The molecule has 0 amide bonds. The fourth-order valence-corrected chi connectivity index (χ4v) is 2.08. The molecule has 2 nitrogen and oxygen atoms in total. The fourth-order valence-electron chi connectivity index (χ4n) is 0.924. The summed E-state index contributed by atoms with van der Waals surface area (Å²) in [5.41, 5.74) is 0. The average Bonchev–Trinajstić information content (AvgIpc) is 2.61. The van der Waals surface area contributed by atoms with Gasteiger partial charge in [0.2, 0.25) is 0 Å². The zero-order valence-corrected chi connectivity index (χ0v) is 7.95. The second-order valence-electron chi connectivity index (χ2n) is 2.39. The molecule has 0 aliphatic carbocycles. The molecule has 0 spiro atoms. The van der Waals surface area contributed by atoms with E-state index in [0.717, 1.165) is 20.5 Å². The van der Waals surface area contributed by atoms with Gasteiger partial charge in [0.15, 0.2) is 5.76 Å². The number of hydrogen-bond donors (Lipinski definition) is 0. The molecular formula is C8H6ClNOS. The Labute approximate surface area is 78.8 Å². The third-order valence-electron chi connectivity index (χ3n) is 1.54. The van der Waals surface area contributed by atoms with Gasteiger partial charge in [0, 0.05) is 10.9 Å². The van der Waals surface area contributed by atoms with E-state index < -0.39 is 0 Å². The first-order chi connectivity index (χ1) is 5.77. The van der Waals surface area contributed by atoms with E-state index in [1.54, 1.807) is 17.5 Å². The quantitative estimate of drug-likeness (QED) is 0.704. The lowest BCUT2D eigenvalue weighted by molar-refractivity contribution is 0.433. The second-order valence-corrected chi connectivity index (χ2v) is 4.05. The molecule has 0 saturated carbocycles. The van der Waals surface area contributed by atoms with Gasteiger partial charge in [-0.1, -0.05) is 16.8 Å². The lowest BCUT2D eigenvalue weighted by Crippen LogP contribution is -1.60. The summed E-state index contributed by atoms with van der Waals surface area (Å²) < 4.78 is 4.99. The minimum Gasteiger partial charge on any atom is -0.355 e. The standard InChI is InChI=1S/C8H6ClNOS/c1-5-6(9)4-8(12-5)7-2-3-10-11-7/h2-4H,1H3. The van der Waals surface area contributed by atoms with Crippen molar-refractivity contribution in [2.24, 2.45) is 0 Å². The first-order valence-electron chi connectivity index (χ1n) is 3.44. The van der Waals surface area contributed by atoms with E-state index in [1.807, 2.05) is 19.1 Å². The first kappa shape index (κ1) is 7.83. The van der Waals surface area contributed by atoms with Crippen LogP contribution in [0, 0.1) is 6.92 Å². The summed E-state index contributed by atoms with van der Waals surface area (Å²) in [5, 5.41) is 4.41. The van der Waals surface area contributed by atoms with E-state index in [-0.39, 0.29) is 0 Å². The molecule has 0 bridgehead atoms. The van der Waals surface area contributed by atoms with Gasteiger partial charge in [-0.05, 0) is 13.0 Å². The Hall–Kier alpha value is -0.800. The van der Waals surface area contributed by atoms with Crippen molar-refractivity contribution in [1.29, 1.82) is 0 Å². The molecule has 2 aromatic heterocycles. The maximum absolute atomic E-state index is 5.89. The van der Waals surface area contributed by atoms with Gasteiger partial charge >= 0.3 is 0 Å². The molecule has 2 rings (SSSR count). The maximum Gasteiger partial charge on any atom is 0.176 e. The first-order valence-corrected chi connectivity index (χ1v) is 4.64. The molecule has 0 unspecified atom stereocenters. The van der Waals surface area contributed by atoms with Crippen LogP contribution in [-0.2, 0) is 0 Å². The number of halogens is 1. The van der Waals surface area contributed by atoms with Gasteiger partial charge in [-0.2, -0.15) is 0 Å². The molecule has 4 heteroatoms. The summed E-state index contributed by atoms with van der Waals surface area (Å²) in [6.07, 6.45) is 1.62. The van der Waals surface area contributed by atoms with Crippen molar-refractivity contribution in [2.45, 2.75) is 6.92 Å². The van der Waals surface area contributed by atoms with Gasteiger partial charge in [-0.3, -0.25) is 0 Å². The molecule has 2 heterocycles. The lowest BCUT2D eigenvalue weighted by Gasteiger charge is -1.83. The van der Waals surface area contributed by atoms with Crippen LogP contribution in [0.2, 0.25) is 5.02 Å². The number of rotatable bonds is 1. The highest BCUT2D eigenvalue weighted by Crippen LogP contribution is 2.33. The Morgan fingerprint density at radius 3 is 2.92 bits per heavy atom. The second kappa shape index (κ2) is 2.92.